The molecule has 2 aromatic rings. The van der Waals surface area contributed by atoms with Crippen molar-refractivity contribution in [2.75, 3.05) is 22.6 Å². The molecular weight excluding hydrogens is 270 g/mol. The average Bonchev–Trinajstić information content (AvgIpc) is 3.02. The molecule has 0 amide bonds. The molecule has 0 radical (unpaired) electrons. The second-order valence-electron chi connectivity index (χ2n) is 5.12. The standard InChI is InChI=1S/C14H15N5O2/c1-21-14-16-10(15)9-11(17-14)18(12-13(20)19(9)12)7-8-5-3-2-4-6-8/h2-6,12-13,20H,7H2,1H3,(H2,15,16,17). The maximum absolute atomic E-state index is 10.0. The van der Waals surface area contributed by atoms with E-state index in [1.165, 1.54) is 7.11 Å². The predicted molar refractivity (Wildman–Crippen MR) is 77.9 cm³/mol. The third-order valence-corrected chi connectivity index (χ3v) is 3.85. The Bertz CT molecular complexity index is 693. The Morgan fingerprint density at radius 1 is 1.29 bits per heavy atom. The lowest BCUT2D eigenvalue weighted by Gasteiger charge is -2.20. The Balaban J connectivity index is 1.75. The summed E-state index contributed by atoms with van der Waals surface area (Å²) in [6.07, 6.45) is -0.676. The van der Waals surface area contributed by atoms with Crippen LogP contribution in [0.15, 0.2) is 30.3 Å². The molecule has 3 N–H and O–H groups in total. The highest BCUT2D eigenvalue weighted by molar-refractivity contribution is 5.87. The van der Waals surface area contributed by atoms with Crippen LogP contribution in [0.5, 0.6) is 6.01 Å². The van der Waals surface area contributed by atoms with Gasteiger partial charge >= 0.3 is 6.01 Å². The number of hydrogen-bond acceptors (Lipinski definition) is 7. The van der Waals surface area contributed by atoms with Crippen LogP contribution in [-0.4, -0.2) is 34.6 Å². The second kappa shape index (κ2) is 4.23. The normalized spacial score (nSPS) is 22.0. The van der Waals surface area contributed by atoms with Crippen LogP contribution in [0.25, 0.3) is 0 Å². The first-order valence-electron chi connectivity index (χ1n) is 6.69. The van der Waals surface area contributed by atoms with E-state index in [0.717, 1.165) is 5.56 Å². The zero-order chi connectivity index (χ0) is 14.6. The summed E-state index contributed by atoms with van der Waals surface area (Å²) >= 11 is 0. The minimum atomic E-state index is -0.555. The summed E-state index contributed by atoms with van der Waals surface area (Å²) in [5.74, 6) is 1.03. The molecule has 1 aromatic heterocycles. The van der Waals surface area contributed by atoms with Gasteiger partial charge in [-0.3, -0.25) is 0 Å². The smallest absolute Gasteiger partial charge is 0.320 e. The summed E-state index contributed by atoms with van der Waals surface area (Å²) in [6.45, 7) is 0.645. The lowest BCUT2D eigenvalue weighted by molar-refractivity contribution is 0.267. The number of aromatic nitrogens is 2. The van der Waals surface area contributed by atoms with Gasteiger partial charge < -0.3 is 25.4 Å². The van der Waals surface area contributed by atoms with Crippen molar-refractivity contribution >= 4 is 17.3 Å². The Morgan fingerprint density at radius 2 is 2.05 bits per heavy atom. The molecular formula is C14H15N5O2. The van der Waals surface area contributed by atoms with Crippen LogP contribution in [0.1, 0.15) is 5.56 Å². The maximum atomic E-state index is 10.0. The fourth-order valence-corrected chi connectivity index (χ4v) is 2.83. The van der Waals surface area contributed by atoms with E-state index in [4.69, 9.17) is 10.5 Å². The number of aliphatic hydroxyl groups excluding tert-OH is 1. The summed E-state index contributed by atoms with van der Waals surface area (Å²) in [4.78, 5) is 12.3. The first kappa shape index (κ1) is 12.2. The zero-order valence-electron chi connectivity index (χ0n) is 11.5. The van der Waals surface area contributed by atoms with Gasteiger partial charge in [0.15, 0.2) is 24.0 Å². The molecule has 2 unspecified atom stereocenters. The number of nitrogens with zero attached hydrogens (tertiary/aromatic N) is 4. The van der Waals surface area contributed by atoms with E-state index in [1.54, 1.807) is 0 Å². The Kier molecular flexibility index (Phi) is 2.46. The molecule has 108 valence electrons. The van der Waals surface area contributed by atoms with Crippen molar-refractivity contribution in [3.63, 3.8) is 0 Å². The van der Waals surface area contributed by atoms with Gasteiger partial charge in [-0.15, -0.1) is 0 Å². The molecule has 7 nitrogen and oxygen atoms in total. The summed E-state index contributed by atoms with van der Waals surface area (Å²) in [7, 11) is 1.51. The van der Waals surface area contributed by atoms with Gasteiger partial charge in [0.25, 0.3) is 0 Å². The number of anilines is 3. The van der Waals surface area contributed by atoms with Crippen LogP contribution >= 0.6 is 0 Å². The van der Waals surface area contributed by atoms with Crippen molar-refractivity contribution in [1.82, 2.24) is 9.97 Å². The quantitative estimate of drug-likeness (QED) is 0.796. The van der Waals surface area contributed by atoms with Gasteiger partial charge in [-0.2, -0.15) is 9.97 Å². The van der Waals surface area contributed by atoms with E-state index in [0.29, 0.717) is 23.9 Å². The molecule has 4 rings (SSSR count). The molecule has 2 atom stereocenters. The SMILES string of the molecule is COc1nc(N)c2c(n1)N(Cc1ccccc1)C1C(O)N21. The van der Waals surface area contributed by atoms with E-state index < -0.39 is 6.23 Å². The van der Waals surface area contributed by atoms with Crippen LogP contribution in [0.3, 0.4) is 0 Å². The molecule has 0 spiro atoms. The van der Waals surface area contributed by atoms with Crippen LogP contribution in [-0.2, 0) is 6.54 Å². The second-order valence-corrected chi connectivity index (χ2v) is 5.12. The van der Waals surface area contributed by atoms with Crippen LogP contribution in [0.4, 0.5) is 17.3 Å². The number of fused-ring (bicyclic) bond motifs is 3. The van der Waals surface area contributed by atoms with E-state index in [-0.39, 0.29) is 12.2 Å². The number of ether oxygens (including phenoxy) is 1. The van der Waals surface area contributed by atoms with Crippen molar-refractivity contribution in [1.29, 1.82) is 0 Å². The first-order chi connectivity index (χ1) is 10.2. The molecule has 21 heavy (non-hydrogen) atoms. The van der Waals surface area contributed by atoms with Crippen molar-refractivity contribution in [3.05, 3.63) is 35.9 Å². The number of methoxy groups -OCH3 is 1. The lowest BCUT2D eigenvalue weighted by Crippen LogP contribution is -2.27. The van der Waals surface area contributed by atoms with Gasteiger partial charge in [0.05, 0.1) is 7.11 Å². The van der Waals surface area contributed by atoms with Crippen LogP contribution in [0, 0.1) is 0 Å². The molecule has 2 aliphatic rings. The molecule has 0 aliphatic carbocycles. The third kappa shape index (κ3) is 1.71. The number of nitrogens with two attached hydrogens (primary N) is 1. The maximum Gasteiger partial charge on any atom is 0.320 e. The lowest BCUT2D eigenvalue weighted by atomic mass is 10.2. The molecule has 0 bridgehead atoms. The van der Waals surface area contributed by atoms with E-state index in [1.807, 2.05) is 40.1 Å². The highest BCUT2D eigenvalue weighted by atomic mass is 16.5. The summed E-state index contributed by atoms with van der Waals surface area (Å²) in [5.41, 5.74) is 7.80. The summed E-state index contributed by atoms with van der Waals surface area (Å²) in [5, 5.41) is 10.0. The Labute approximate surface area is 121 Å². The fraction of sp³-hybridized carbons (Fsp3) is 0.286. The topological polar surface area (TPSA) is 87.5 Å². The molecule has 2 aliphatic heterocycles. The number of hydrogen-bond donors (Lipinski definition) is 2. The predicted octanol–water partition coefficient (Wildman–Crippen LogP) is 0.552. The molecule has 1 fully saturated rings. The summed E-state index contributed by atoms with van der Waals surface area (Å²) < 4.78 is 5.09. The van der Waals surface area contributed by atoms with Gasteiger partial charge in [-0.05, 0) is 5.56 Å². The van der Waals surface area contributed by atoms with E-state index in [9.17, 15) is 5.11 Å². The highest BCUT2D eigenvalue weighted by Gasteiger charge is 2.59. The highest BCUT2D eigenvalue weighted by Crippen LogP contribution is 2.52. The van der Waals surface area contributed by atoms with Crippen molar-refractivity contribution < 1.29 is 9.84 Å². The van der Waals surface area contributed by atoms with Gasteiger partial charge in [0.1, 0.15) is 5.69 Å². The van der Waals surface area contributed by atoms with Gasteiger partial charge in [0.2, 0.25) is 0 Å². The number of benzene rings is 1. The van der Waals surface area contributed by atoms with Gasteiger partial charge in [0, 0.05) is 6.54 Å². The third-order valence-electron chi connectivity index (χ3n) is 3.85. The van der Waals surface area contributed by atoms with Crippen molar-refractivity contribution in [2.45, 2.75) is 18.9 Å². The Morgan fingerprint density at radius 3 is 2.76 bits per heavy atom. The number of rotatable bonds is 3. The molecule has 0 saturated carbocycles. The average molecular weight is 285 g/mol. The van der Waals surface area contributed by atoms with Crippen LogP contribution < -0.4 is 20.3 Å². The minimum absolute atomic E-state index is 0.121. The number of nitrogen functional groups attached to an aromatic ring is 1. The molecule has 7 heteroatoms. The summed E-state index contributed by atoms with van der Waals surface area (Å²) in [6, 6.07) is 10.3. The van der Waals surface area contributed by atoms with Crippen molar-refractivity contribution in [2.24, 2.45) is 0 Å². The van der Waals surface area contributed by atoms with Gasteiger partial charge in [-0.1, -0.05) is 30.3 Å². The largest absolute Gasteiger partial charge is 0.467 e. The van der Waals surface area contributed by atoms with E-state index in [2.05, 4.69) is 9.97 Å². The first-order valence-corrected chi connectivity index (χ1v) is 6.69. The van der Waals surface area contributed by atoms with Crippen LogP contribution in [0.2, 0.25) is 0 Å². The monoisotopic (exact) mass is 285 g/mol. The van der Waals surface area contributed by atoms with Gasteiger partial charge in [-0.25, -0.2) is 0 Å². The molecule has 1 aromatic carbocycles. The minimum Gasteiger partial charge on any atom is -0.467 e. The fourth-order valence-electron chi connectivity index (χ4n) is 2.83. The number of aliphatic hydroxyl groups is 1. The molecule has 1 saturated heterocycles. The molecule has 3 heterocycles. The van der Waals surface area contributed by atoms with Crippen molar-refractivity contribution in [3.8, 4) is 6.01 Å². The van der Waals surface area contributed by atoms with E-state index >= 15 is 0 Å². The Hall–Kier alpha value is -2.54. The zero-order valence-corrected chi connectivity index (χ0v) is 11.5.